The van der Waals surface area contributed by atoms with E-state index in [0.717, 1.165) is 17.3 Å². The van der Waals surface area contributed by atoms with Crippen LogP contribution in [0.3, 0.4) is 0 Å². The molecule has 0 bridgehead atoms. The van der Waals surface area contributed by atoms with Crippen molar-refractivity contribution in [2.45, 2.75) is 26.3 Å². The molecule has 0 aliphatic carbocycles. The average Bonchev–Trinajstić information content (AvgIpc) is 3.03. The molecule has 3 aromatic rings. The van der Waals surface area contributed by atoms with Gasteiger partial charge in [0.25, 0.3) is 5.91 Å². The number of nitrogens with zero attached hydrogens (tertiary/aromatic N) is 1. The van der Waals surface area contributed by atoms with E-state index in [1.54, 1.807) is 18.2 Å². The molecule has 0 saturated carbocycles. The number of hydrogen-bond acceptors (Lipinski definition) is 4. The highest BCUT2D eigenvalue weighted by Crippen LogP contribution is 2.23. The highest BCUT2D eigenvalue weighted by molar-refractivity contribution is 7.92. The maximum atomic E-state index is 12.8. The average molecular weight is 401 g/mol. The fourth-order valence-electron chi connectivity index (χ4n) is 3.03. The summed E-state index contributed by atoms with van der Waals surface area (Å²) < 4.78 is 25.2. The molecule has 1 amide bonds. The summed E-state index contributed by atoms with van der Waals surface area (Å²) in [6.45, 7) is 4.16. The van der Waals surface area contributed by atoms with Crippen molar-refractivity contribution in [3.05, 3.63) is 59.9 Å². The molecule has 0 spiro atoms. The second kappa shape index (κ2) is 8.02. The van der Waals surface area contributed by atoms with Gasteiger partial charge in [0.2, 0.25) is 10.0 Å². The Labute approximate surface area is 164 Å². The lowest BCUT2D eigenvalue weighted by atomic mass is 10.0. The molecular weight excluding hydrogens is 376 g/mol. The van der Waals surface area contributed by atoms with Crippen molar-refractivity contribution in [2.75, 3.05) is 11.0 Å². The number of sulfonamides is 1. The number of benzene rings is 2. The van der Waals surface area contributed by atoms with Gasteiger partial charge >= 0.3 is 0 Å². The molecule has 0 fully saturated rings. The van der Waals surface area contributed by atoms with Gasteiger partial charge in [0.1, 0.15) is 5.82 Å². The minimum absolute atomic E-state index is 0.286. The van der Waals surface area contributed by atoms with Gasteiger partial charge in [-0.3, -0.25) is 9.52 Å². The van der Waals surface area contributed by atoms with E-state index in [0.29, 0.717) is 29.4 Å². The van der Waals surface area contributed by atoms with Crippen molar-refractivity contribution in [2.24, 2.45) is 5.92 Å². The van der Waals surface area contributed by atoms with Crippen LogP contribution in [-0.4, -0.2) is 30.5 Å². The fraction of sp³-hybridized carbons (Fsp3) is 0.300. The Morgan fingerprint density at radius 2 is 1.89 bits per heavy atom. The number of para-hydroxylation sites is 2. The third-order valence-corrected chi connectivity index (χ3v) is 4.78. The Hall–Kier alpha value is -2.87. The molecular formula is C20H24N4O3S. The molecule has 3 rings (SSSR count). The van der Waals surface area contributed by atoms with Crippen LogP contribution in [0.5, 0.6) is 0 Å². The van der Waals surface area contributed by atoms with Crippen LogP contribution in [0.25, 0.3) is 11.0 Å². The predicted molar refractivity (Wildman–Crippen MR) is 111 cm³/mol. The highest BCUT2D eigenvalue weighted by atomic mass is 32.2. The summed E-state index contributed by atoms with van der Waals surface area (Å²) in [5, 5.41) is 3.02. The van der Waals surface area contributed by atoms with Crippen LogP contribution in [0.15, 0.2) is 48.5 Å². The summed E-state index contributed by atoms with van der Waals surface area (Å²) in [4.78, 5) is 20.7. The molecule has 28 heavy (non-hydrogen) atoms. The second-order valence-electron chi connectivity index (χ2n) is 7.25. The van der Waals surface area contributed by atoms with Crippen molar-refractivity contribution >= 4 is 32.7 Å². The van der Waals surface area contributed by atoms with Gasteiger partial charge in [0.15, 0.2) is 0 Å². The maximum absolute atomic E-state index is 12.8. The van der Waals surface area contributed by atoms with Gasteiger partial charge in [-0.1, -0.05) is 32.0 Å². The van der Waals surface area contributed by atoms with Crippen LogP contribution >= 0.6 is 0 Å². The number of fused-ring (bicyclic) bond motifs is 1. The smallest absolute Gasteiger partial charge is 0.251 e. The number of amides is 1. The topological polar surface area (TPSA) is 104 Å². The molecule has 0 saturated heterocycles. The molecule has 8 heteroatoms. The van der Waals surface area contributed by atoms with Gasteiger partial charge in [0.05, 0.1) is 23.3 Å². The number of rotatable bonds is 7. The number of anilines is 1. The van der Waals surface area contributed by atoms with Gasteiger partial charge in [-0.15, -0.1) is 0 Å². The van der Waals surface area contributed by atoms with Crippen LogP contribution < -0.4 is 10.0 Å². The lowest BCUT2D eigenvalue weighted by molar-refractivity contribution is 0.0930. The fourth-order valence-corrected chi connectivity index (χ4v) is 3.58. The number of hydrogen-bond donors (Lipinski definition) is 3. The highest BCUT2D eigenvalue weighted by Gasteiger charge is 2.21. The first-order valence-electron chi connectivity index (χ1n) is 9.04. The minimum Gasteiger partial charge on any atom is -0.342 e. The number of carbonyl (C=O) groups excluding carboxylic acids is 1. The Morgan fingerprint density at radius 3 is 2.57 bits per heavy atom. The first-order chi connectivity index (χ1) is 13.2. The number of nitrogens with one attached hydrogen (secondary N) is 3. The Morgan fingerprint density at radius 1 is 1.14 bits per heavy atom. The minimum atomic E-state index is -3.41. The first-order valence-corrected chi connectivity index (χ1v) is 10.9. The first kappa shape index (κ1) is 19.9. The summed E-state index contributed by atoms with van der Waals surface area (Å²) in [7, 11) is -3.41. The maximum Gasteiger partial charge on any atom is 0.251 e. The lowest BCUT2D eigenvalue weighted by Crippen LogP contribution is -2.30. The molecule has 3 N–H and O–H groups in total. The number of aromatic nitrogens is 2. The number of imidazole rings is 1. The van der Waals surface area contributed by atoms with Gasteiger partial charge in [-0.05, 0) is 42.7 Å². The van der Waals surface area contributed by atoms with Crippen molar-refractivity contribution in [3.63, 3.8) is 0 Å². The third kappa shape index (κ3) is 5.10. The van der Waals surface area contributed by atoms with E-state index in [1.807, 2.05) is 24.3 Å². The van der Waals surface area contributed by atoms with E-state index in [2.05, 4.69) is 33.9 Å². The van der Waals surface area contributed by atoms with E-state index >= 15 is 0 Å². The Kier molecular flexibility index (Phi) is 5.69. The predicted octanol–water partition coefficient (Wildman–Crippen LogP) is 3.45. The van der Waals surface area contributed by atoms with Crippen LogP contribution in [0.4, 0.5) is 5.69 Å². The molecule has 148 valence electrons. The van der Waals surface area contributed by atoms with Gasteiger partial charge in [-0.2, -0.15) is 0 Å². The lowest BCUT2D eigenvalue weighted by Gasteiger charge is -2.19. The van der Waals surface area contributed by atoms with Crippen molar-refractivity contribution in [3.8, 4) is 0 Å². The largest absolute Gasteiger partial charge is 0.342 e. The van der Waals surface area contributed by atoms with Crippen LogP contribution in [0, 0.1) is 5.92 Å². The summed E-state index contributed by atoms with van der Waals surface area (Å²) in [5.74, 6) is 0.758. The summed E-state index contributed by atoms with van der Waals surface area (Å²) in [6, 6.07) is 13.8. The van der Waals surface area contributed by atoms with E-state index < -0.39 is 10.0 Å². The molecule has 1 atom stereocenters. The standard InChI is InChI=1S/C20H24N4O3S/c1-13(2)11-18(19-21-16-9-4-5-10-17(16)22-19)23-20(25)14-7-6-8-15(12-14)24-28(3,26)27/h4-10,12-13,18,24H,11H2,1-3H3,(H,21,22)(H,23,25). The molecule has 1 heterocycles. The summed E-state index contributed by atoms with van der Waals surface area (Å²) in [6.07, 6.45) is 1.78. The third-order valence-electron chi connectivity index (χ3n) is 4.18. The second-order valence-corrected chi connectivity index (χ2v) is 9.00. The number of aromatic amines is 1. The molecule has 1 aromatic heterocycles. The Bertz CT molecular complexity index is 1060. The Balaban J connectivity index is 1.84. The zero-order valence-corrected chi connectivity index (χ0v) is 16.9. The van der Waals surface area contributed by atoms with E-state index in [1.165, 1.54) is 6.07 Å². The molecule has 0 aliphatic heterocycles. The summed E-state index contributed by atoms with van der Waals surface area (Å²) in [5.41, 5.74) is 2.48. The molecule has 1 unspecified atom stereocenters. The molecule has 7 nitrogen and oxygen atoms in total. The zero-order chi connectivity index (χ0) is 20.3. The van der Waals surface area contributed by atoms with Gasteiger partial charge in [-0.25, -0.2) is 13.4 Å². The molecule has 2 aromatic carbocycles. The van der Waals surface area contributed by atoms with Crippen LogP contribution in [-0.2, 0) is 10.0 Å². The van der Waals surface area contributed by atoms with E-state index in [-0.39, 0.29) is 11.9 Å². The normalized spacial score (nSPS) is 12.9. The van der Waals surface area contributed by atoms with Gasteiger partial charge < -0.3 is 10.3 Å². The zero-order valence-electron chi connectivity index (χ0n) is 16.1. The molecule has 0 radical (unpaired) electrons. The monoisotopic (exact) mass is 400 g/mol. The van der Waals surface area contributed by atoms with Crippen molar-refractivity contribution in [1.29, 1.82) is 0 Å². The SMILES string of the molecule is CC(C)CC(NC(=O)c1cccc(NS(C)(=O)=O)c1)c1nc2ccccc2[nH]1. The van der Waals surface area contributed by atoms with Crippen molar-refractivity contribution in [1.82, 2.24) is 15.3 Å². The summed E-state index contributed by atoms with van der Waals surface area (Å²) >= 11 is 0. The van der Waals surface area contributed by atoms with Gasteiger partial charge in [0, 0.05) is 11.3 Å². The van der Waals surface area contributed by atoms with Crippen molar-refractivity contribution < 1.29 is 13.2 Å². The van der Waals surface area contributed by atoms with E-state index in [4.69, 9.17) is 0 Å². The molecule has 0 aliphatic rings. The van der Waals surface area contributed by atoms with Crippen LogP contribution in [0.2, 0.25) is 0 Å². The van der Waals surface area contributed by atoms with Crippen LogP contribution in [0.1, 0.15) is 42.5 Å². The number of carbonyl (C=O) groups is 1. The number of H-pyrrole nitrogens is 1. The van der Waals surface area contributed by atoms with E-state index in [9.17, 15) is 13.2 Å². The quantitative estimate of drug-likeness (QED) is 0.565.